The Morgan fingerprint density at radius 2 is 1.75 bits per heavy atom. The van der Waals surface area contributed by atoms with E-state index in [1.807, 2.05) is 30.3 Å². The van der Waals surface area contributed by atoms with Crippen LogP contribution in [0.3, 0.4) is 0 Å². The second-order valence-corrected chi connectivity index (χ2v) is 3.07. The molecular weight excluding hydrogens is 204 g/mol. The van der Waals surface area contributed by atoms with E-state index in [9.17, 15) is 4.79 Å². The van der Waals surface area contributed by atoms with Crippen LogP contribution in [0.15, 0.2) is 49.1 Å². The summed E-state index contributed by atoms with van der Waals surface area (Å²) < 4.78 is 0. The highest BCUT2D eigenvalue weighted by Crippen LogP contribution is 2.03. The van der Waals surface area contributed by atoms with E-state index < -0.39 is 0 Å². The van der Waals surface area contributed by atoms with Crippen LogP contribution in [-0.4, -0.2) is 15.9 Å². The highest BCUT2D eigenvalue weighted by atomic mass is 16.2. The lowest BCUT2D eigenvalue weighted by Gasteiger charge is -2.07. The van der Waals surface area contributed by atoms with Crippen molar-refractivity contribution in [3.05, 3.63) is 54.6 Å². The van der Waals surface area contributed by atoms with Crippen molar-refractivity contribution in [3.63, 3.8) is 0 Å². The third-order valence-corrected chi connectivity index (χ3v) is 1.92. The van der Waals surface area contributed by atoms with Crippen molar-refractivity contribution in [2.45, 2.75) is 0 Å². The van der Waals surface area contributed by atoms with Gasteiger partial charge in [0.05, 0.1) is 11.3 Å². The number of nitrogens with one attached hydrogen (secondary N) is 2. The van der Waals surface area contributed by atoms with E-state index in [1.54, 1.807) is 0 Å². The number of benzene rings is 1. The van der Waals surface area contributed by atoms with Crippen LogP contribution in [0.2, 0.25) is 0 Å². The van der Waals surface area contributed by atoms with Gasteiger partial charge in [-0.05, 0) is 12.1 Å². The molecule has 1 heterocycles. The largest absolute Gasteiger partial charge is 0.298 e. The van der Waals surface area contributed by atoms with Crippen LogP contribution >= 0.6 is 0 Å². The van der Waals surface area contributed by atoms with Gasteiger partial charge in [-0.3, -0.25) is 15.6 Å². The van der Waals surface area contributed by atoms with Crippen LogP contribution in [0.5, 0.6) is 0 Å². The van der Waals surface area contributed by atoms with Crippen molar-refractivity contribution in [3.8, 4) is 0 Å². The van der Waals surface area contributed by atoms with Gasteiger partial charge in [-0.2, -0.15) is 0 Å². The molecule has 0 aliphatic heterocycles. The summed E-state index contributed by atoms with van der Waals surface area (Å²) in [7, 11) is 0. The highest BCUT2D eigenvalue weighted by Gasteiger charge is 2.03. The SMILES string of the molecule is O=C(NNc1ccccc1)c1cncnc1. The van der Waals surface area contributed by atoms with Gasteiger partial charge in [-0.1, -0.05) is 18.2 Å². The average Bonchev–Trinajstić information content (AvgIpc) is 2.38. The standard InChI is InChI=1S/C11H10N4O/c16-11(9-6-12-8-13-7-9)15-14-10-4-2-1-3-5-10/h1-8,14H,(H,15,16). The maximum atomic E-state index is 11.6. The molecule has 0 radical (unpaired) electrons. The molecule has 1 amide bonds. The van der Waals surface area contributed by atoms with Gasteiger partial charge < -0.3 is 0 Å². The zero-order valence-corrected chi connectivity index (χ0v) is 8.42. The first-order valence-electron chi connectivity index (χ1n) is 4.72. The smallest absolute Gasteiger partial charge is 0.272 e. The summed E-state index contributed by atoms with van der Waals surface area (Å²) in [4.78, 5) is 19.1. The summed E-state index contributed by atoms with van der Waals surface area (Å²) in [5.41, 5.74) is 6.56. The van der Waals surface area contributed by atoms with E-state index in [0.717, 1.165) is 5.69 Å². The molecule has 0 unspecified atom stereocenters. The Morgan fingerprint density at radius 3 is 2.44 bits per heavy atom. The number of rotatable bonds is 3. The minimum Gasteiger partial charge on any atom is -0.298 e. The summed E-state index contributed by atoms with van der Waals surface area (Å²) in [6.07, 6.45) is 4.28. The molecule has 0 atom stereocenters. The molecule has 0 aliphatic carbocycles. The molecule has 2 rings (SSSR count). The molecule has 1 aromatic heterocycles. The highest BCUT2D eigenvalue weighted by molar-refractivity contribution is 5.94. The normalized spacial score (nSPS) is 9.50. The van der Waals surface area contributed by atoms with Gasteiger partial charge in [0, 0.05) is 12.4 Å². The van der Waals surface area contributed by atoms with Crippen molar-refractivity contribution in [2.75, 3.05) is 5.43 Å². The fraction of sp³-hybridized carbons (Fsp3) is 0. The van der Waals surface area contributed by atoms with Crippen molar-refractivity contribution in [1.29, 1.82) is 0 Å². The molecule has 2 N–H and O–H groups in total. The number of amides is 1. The Kier molecular flexibility index (Phi) is 3.08. The predicted molar refractivity (Wildman–Crippen MR) is 59.6 cm³/mol. The van der Waals surface area contributed by atoms with Gasteiger partial charge in [0.1, 0.15) is 6.33 Å². The Balaban J connectivity index is 1.95. The summed E-state index contributed by atoms with van der Waals surface area (Å²) >= 11 is 0. The number of hydrogen-bond acceptors (Lipinski definition) is 4. The van der Waals surface area contributed by atoms with E-state index in [4.69, 9.17) is 0 Å². The van der Waals surface area contributed by atoms with Gasteiger partial charge in [0.25, 0.3) is 5.91 Å². The van der Waals surface area contributed by atoms with Gasteiger partial charge >= 0.3 is 0 Å². The fourth-order valence-electron chi connectivity index (χ4n) is 1.14. The van der Waals surface area contributed by atoms with Crippen LogP contribution in [0.25, 0.3) is 0 Å². The monoisotopic (exact) mass is 214 g/mol. The minimum absolute atomic E-state index is 0.274. The van der Waals surface area contributed by atoms with Gasteiger partial charge in [0.15, 0.2) is 0 Å². The number of carbonyl (C=O) groups excluding carboxylic acids is 1. The third kappa shape index (κ3) is 2.54. The molecule has 0 saturated carbocycles. The zero-order chi connectivity index (χ0) is 11.2. The predicted octanol–water partition coefficient (Wildman–Crippen LogP) is 1.23. The maximum absolute atomic E-state index is 11.6. The van der Waals surface area contributed by atoms with Crippen molar-refractivity contribution < 1.29 is 4.79 Å². The molecule has 0 aliphatic rings. The molecule has 16 heavy (non-hydrogen) atoms. The molecule has 2 aromatic rings. The molecule has 5 nitrogen and oxygen atoms in total. The molecule has 0 saturated heterocycles. The summed E-state index contributed by atoms with van der Waals surface area (Å²) in [5.74, 6) is -0.274. The zero-order valence-electron chi connectivity index (χ0n) is 8.42. The van der Waals surface area contributed by atoms with Gasteiger partial charge in [0.2, 0.25) is 0 Å². The fourth-order valence-corrected chi connectivity index (χ4v) is 1.14. The second kappa shape index (κ2) is 4.88. The molecule has 0 bridgehead atoms. The maximum Gasteiger partial charge on any atom is 0.272 e. The number of anilines is 1. The number of hydrogen-bond donors (Lipinski definition) is 2. The van der Waals surface area contributed by atoms with Crippen LogP contribution in [0.4, 0.5) is 5.69 Å². The molecule has 5 heteroatoms. The lowest BCUT2D eigenvalue weighted by molar-refractivity contribution is 0.0962. The lowest BCUT2D eigenvalue weighted by Crippen LogP contribution is -2.29. The number of aromatic nitrogens is 2. The van der Waals surface area contributed by atoms with E-state index in [-0.39, 0.29) is 5.91 Å². The molecule has 0 spiro atoms. The number of hydrazine groups is 1. The summed E-state index contributed by atoms with van der Waals surface area (Å²) in [6.45, 7) is 0. The van der Waals surface area contributed by atoms with Crippen LogP contribution in [0.1, 0.15) is 10.4 Å². The van der Waals surface area contributed by atoms with E-state index >= 15 is 0 Å². The van der Waals surface area contributed by atoms with Gasteiger partial charge in [-0.15, -0.1) is 0 Å². The Hall–Kier alpha value is -2.43. The minimum atomic E-state index is -0.274. The molecule has 80 valence electrons. The van der Waals surface area contributed by atoms with Crippen LogP contribution in [0, 0.1) is 0 Å². The number of para-hydroxylation sites is 1. The first kappa shape index (κ1) is 10.1. The van der Waals surface area contributed by atoms with E-state index in [1.165, 1.54) is 18.7 Å². The molecular formula is C11H10N4O. The van der Waals surface area contributed by atoms with E-state index in [0.29, 0.717) is 5.56 Å². The Bertz CT molecular complexity index is 458. The van der Waals surface area contributed by atoms with Crippen LogP contribution < -0.4 is 10.9 Å². The third-order valence-electron chi connectivity index (χ3n) is 1.92. The first-order valence-corrected chi connectivity index (χ1v) is 4.72. The average molecular weight is 214 g/mol. The van der Waals surface area contributed by atoms with Crippen LogP contribution in [-0.2, 0) is 0 Å². The quantitative estimate of drug-likeness (QED) is 0.754. The number of carbonyl (C=O) groups is 1. The molecule has 0 fully saturated rings. The lowest BCUT2D eigenvalue weighted by atomic mass is 10.3. The Morgan fingerprint density at radius 1 is 1.06 bits per heavy atom. The van der Waals surface area contributed by atoms with E-state index in [2.05, 4.69) is 20.8 Å². The number of nitrogens with zero attached hydrogens (tertiary/aromatic N) is 2. The van der Waals surface area contributed by atoms with Crippen molar-refractivity contribution >= 4 is 11.6 Å². The van der Waals surface area contributed by atoms with Gasteiger partial charge in [-0.25, -0.2) is 9.97 Å². The Labute approximate surface area is 92.5 Å². The summed E-state index contributed by atoms with van der Waals surface area (Å²) in [6, 6.07) is 9.35. The topological polar surface area (TPSA) is 66.9 Å². The second-order valence-electron chi connectivity index (χ2n) is 3.07. The van der Waals surface area contributed by atoms with Crippen molar-refractivity contribution in [2.24, 2.45) is 0 Å². The van der Waals surface area contributed by atoms with Crippen molar-refractivity contribution in [1.82, 2.24) is 15.4 Å². The summed E-state index contributed by atoms with van der Waals surface area (Å²) in [5, 5.41) is 0. The first-order chi connectivity index (χ1) is 7.86. The molecule has 1 aromatic carbocycles.